The molecule has 0 aliphatic carbocycles. The molecule has 0 aromatic heterocycles. The van der Waals surface area contributed by atoms with Crippen LogP contribution in [0.15, 0.2) is 4.99 Å². The van der Waals surface area contributed by atoms with E-state index in [0.717, 1.165) is 25.3 Å². The molecule has 2 atom stereocenters. The highest BCUT2D eigenvalue weighted by Gasteiger charge is 2.33. The van der Waals surface area contributed by atoms with E-state index in [1.54, 1.807) is 0 Å². The summed E-state index contributed by atoms with van der Waals surface area (Å²) in [6, 6.07) is 0.174. The summed E-state index contributed by atoms with van der Waals surface area (Å²) in [7, 11) is 0. The molecule has 66 valence electrons. The number of carbonyl (C=O) groups is 1. The molecule has 1 amide bonds. The first-order valence-corrected chi connectivity index (χ1v) is 4.33. The molecule has 1 saturated heterocycles. The van der Waals surface area contributed by atoms with Gasteiger partial charge < -0.3 is 10.6 Å². The Balaban J connectivity index is 2.19. The number of rotatable bonds is 0. The Morgan fingerprint density at radius 3 is 3.25 bits per heavy atom. The SMILES string of the molecule is CC1=NC2CNCCC2C(=O)N1. The van der Waals surface area contributed by atoms with Crippen LogP contribution >= 0.6 is 0 Å². The largest absolute Gasteiger partial charge is 0.315 e. The summed E-state index contributed by atoms with van der Waals surface area (Å²) in [5.41, 5.74) is 0. The van der Waals surface area contributed by atoms with Gasteiger partial charge in [0.05, 0.1) is 12.0 Å². The minimum atomic E-state index is 0.106. The number of nitrogens with one attached hydrogen (secondary N) is 2. The van der Waals surface area contributed by atoms with Gasteiger partial charge in [0.1, 0.15) is 5.84 Å². The second-order valence-electron chi connectivity index (χ2n) is 3.37. The van der Waals surface area contributed by atoms with Gasteiger partial charge in [0.15, 0.2) is 0 Å². The van der Waals surface area contributed by atoms with Gasteiger partial charge in [-0.05, 0) is 19.9 Å². The maximum absolute atomic E-state index is 11.4. The van der Waals surface area contributed by atoms with E-state index in [1.807, 2.05) is 6.92 Å². The lowest BCUT2D eigenvalue weighted by Gasteiger charge is -2.32. The molecular weight excluding hydrogens is 154 g/mol. The number of amidine groups is 1. The zero-order valence-corrected chi connectivity index (χ0v) is 7.13. The van der Waals surface area contributed by atoms with Crippen LogP contribution in [0.4, 0.5) is 0 Å². The van der Waals surface area contributed by atoms with Crippen LogP contribution in [0, 0.1) is 5.92 Å². The second kappa shape index (κ2) is 2.86. The Morgan fingerprint density at radius 1 is 1.58 bits per heavy atom. The van der Waals surface area contributed by atoms with Crippen molar-refractivity contribution in [1.29, 1.82) is 0 Å². The third kappa shape index (κ3) is 1.22. The van der Waals surface area contributed by atoms with Gasteiger partial charge in [-0.2, -0.15) is 0 Å². The quantitative estimate of drug-likeness (QED) is 0.511. The van der Waals surface area contributed by atoms with Crippen LogP contribution in [0.1, 0.15) is 13.3 Å². The Hall–Kier alpha value is -0.900. The minimum Gasteiger partial charge on any atom is -0.315 e. The van der Waals surface area contributed by atoms with Crippen LogP contribution in [0.2, 0.25) is 0 Å². The molecule has 1 fully saturated rings. The van der Waals surface area contributed by atoms with Gasteiger partial charge in [-0.25, -0.2) is 0 Å². The standard InChI is InChI=1S/C8H13N3O/c1-5-10-7-4-9-3-2-6(7)8(12)11-5/h6-7,9H,2-4H2,1H3,(H,10,11,12). The fourth-order valence-corrected chi connectivity index (χ4v) is 1.84. The number of hydrogen-bond acceptors (Lipinski definition) is 3. The van der Waals surface area contributed by atoms with Crippen molar-refractivity contribution in [3.63, 3.8) is 0 Å². The van der Waals surface area contributed by atoms with E-state index in [9.17, 15) is 4.79 Å². The second-order valence-corrected chi connectivity index (χ2v) is 3.37. The molecule has 12 heavy (non-hydrogen) atoms. The molecule has 0 aromatic carbocycles. The summed E-state index contributed by atoms with van der Waals surface area (Å²) >= 11 is 0. The van der Waals surface area contributed by atoms with E-state index in [4.69, 9.17) is 0 Å². The molecule has 0 aromatic rings. The fraction of sp³-hybridized carbons (Fsp3) is 0.750. The Kier molecular flexibility index (Phi) is 1.84. The lowest BCUT2D eigenvalue weighted by Crippen LogP contribution is -2.52. The van der Waals surface area contributed by atoms with E-state index in [1.165, 1.54) is 0 Å². The van der Waals surface area contributed by atoms with Gasteiger partial charge in [0.25, 0.3) is 0 Å². The van der Waals surface area contributed by atoms with E-state index < -0.39 is 0 Å². The molecule has 2 unspecified atom stereocenters. The van der Waals surface area contributed by atoms with Gasteiger partial charge in [-0.15, -0.1) is 0 Å². The highest BCUT2D eigenvalue weighted by atomic mass is 16.2. The van der Waals surface area contributed by atoms with Gasteiger partial charge >= 0.3 is 0 Å². The highest BCUT2D eigenvalue weighted by Crippen LogP contribution is 2.18. The molecule has 2 aliphatic rings. The van der Waals surface area contributed by atoms with Crippen molar-refractivity contribution in [3.05, 3.63) is 0 Å². The van der Waals surface area contributed by atoms with Crippen molar-refractivity contribution in [2.45, 2.75) is 19.4 Å². The van der Waals surface area contributed by atoms with Crippen molar-refractivity contribution in [3.8, 4) is 0 Å². The summed E-state index contributed by atoms with van der Waals surface area (Å²) < 4.78 is 0. The van der Waals surface area contributed by atoms with E-state index in [-0.39, 0.29) is 17.9 Å². The lowest BCUT2D eigenvalue weighted by molar-refractivity contribution is -0.125. The van der Waals surface area contributed by atoms with Crippen LogP contribution in [0.25, 0.3) is 0 Å². The van der Waals surface area contributed by atoms with Crippen LogP contribution < -0.4 is 10.6 Å². The summed E-state index contributed by atoms with van der Waals surface area (Å²) in [5.74, 6) is 1.01. The summed E-state index contributed by atoms with van der Waals surface area (Å²) in [5, 5.41) is 6.00. The lowest BCUT2D eigenvalue weighted by atomic mass is 9.91. The van der Waals surface area contributed by atoms with E-state index in [0.29, 0.717) is 0 Å². The molecular formula is C8H13N3O. The van der Waals surface area contributed by atoms with Crippen LogP contribution in [-0.4, -0.2) is 30.9 Å². The normalized spacial score (nSPS) is 35.1. The molecule has 0 radical (unpaired) electrons. The number of piperidine rings is 1. The molecule has 0 bridgehead atoms. The maximum Gasteiger partial charge on any atom is 0.230 e. The third-order valence-electron chi connectivity index (χ3n) is 2.45. The van der Waals surface area contributed by atoms with Crippen molar-refractivity contribution < 1.29 is 4.79 Å². The predicted octanol–water partition coefficient (Wildman–Crippen LogP) is -0.487. The maximum atomic E-state index is 11.4. The molecule has 2 aliphatic heterocycles. The highest BCUT2D eigenvalue weighted by molar-refractivity contribution is 6.00. The molecule has 2 heterocycles. The van der Waals surface area contributed by atoms with Crippen molar-refractivity contribution in [2.24, 2.45) is 10.9 Å². The van der Waals surface area contributed by atoms with Crippen LogP contribution in [-0.2, 0) is 4.79 Å². The predicted molar refractivity (Wildman–Crippen MR) is 46.0 cm³/mol. The van der Waals surface area contributed by atoms with Crippen molar-refractivity contribution >= 4 is 11.7 Å². The average Bonchev–Trinajstić information content (AvgIpc) is 2.04. The van der Waals surface area contributed by atoms with Crippen molar-refractivity contribution in [2.75, 3.05) is 13.1 Å². The molecule has 2 rings (SSSR count). The van der Waals surface area contributed by atoms with Gasteiger partial charge in [0, 0.05) is 6.54 Å². The molecule has 4 heteroatoms. The first-order chi connectivity index (χ1) is 5.77. The van der Waals surface area contributed by atoms with Gasteiger partial charge in [-0.1, -0.05) is 0 Å². The molecule has 0 saturated carbocycles. The van der Waals surface area contributed by atoms with E-state index >= 15 is 0 Å². The number of fused-ring (bicyclic) bond motifs is 1. The topological polar surface area (TPSA) is 53.5 Å². The zero-order chi connectivity index (χ0) is 8.55. The number of hydrogen-bond donors (Lipinski definition) is 2. The van der Waals surface area contributed by atoms with Gasteiger partial charge in [0.2, 0.25) is 5.91 Å². The monoisotopic (exact) mass is 167 g/mol. The smallest absolute Gasteiger partial charge is 0.230 e. The molecule has 4 nitrogen and oxygen atoms in total. The van der Waals surface area contributed by atoms with Crippen LogP contribution in [0.5, 0.6) is 0 Å². The van der Waals surface area contributed by atoms with E-state index in [2.05, 4.69) is 15.6 Å². The van der Waals surface area contributed by atoms with Gasteiger partial charge in [-0.3, -0.25) is 9.79 Å². The third-order valence-corrected chi connectivity index (χ3v) is 2.45. The average molecular weight is 167 g/mol. The minimum absolute atomic E-state index is 0.106. The number of amides is 1. The molecule has 0 spiro atoms. The summed E-state index contributed by atoms with van der Waals surface area (Å²) in [6.07, 6.45) is 0.910. The number of carbonyl (C=O) groups excluding carboxylic acids is 1. The Labute approximate surface area is 71.4 Å². The first-order valence-electron chi connectivity index (χ1n) is 4.33. The summed E-state index contributed by atoms with van der Waals surface area (Å²) in [4.78, 5) is 15.8. The molecule has 2 N–H and O–H groups in total. The zero-order valence-electron chi connectivity index (χ0n) is 7.13. The Morgan fingerprint density at radius 2 is 2.42 bits per heavy atom. The number of aliphatic imine (C=N–C) groups is 1. The fourth-order valence-electron chi connectivity index (χ4n) is 1.84. The number of nitrogens with zero attached hydrogens (tertiary/aromatic N) is 1. The van der Waals surface area contributed by atoms with Crippen molar-refractivity contribution in [1.82, 2.24) is 10.6 Å². The summed E-state index contributed by atoms with van der Waals surface area (Å²) in [6.45, 7) is 3.61. The first kappa shape index (κ1) is 7.73. The van der Waals surface area contributed by atoms with Crippen LogP contribution in [0.3, 0.4) is 0 Å². The Bertz CT molecular complexity index is 236.